The van der Waals surface area contributed by atoms with E-state index in [0.717, 1.165) is 5.56 Å². The zero-order valence-electron chi connectivity index (χ0n) is 35.3. The topological polar surface area (TPSA) is 175 Å². The summed E-state index contributed by atoms with van der Waals surface area (Å²) in [5, 5.41) is 22.6. The zero-order chi connectivity index (χ0) is 43.3. The smallest absolute Gasteiger partial charge is 0.328 e. The molecule has 58 heavy (non-hydrogen) atoms. The standard InChI is InChI=1S/C44H60N4O10/c1-11-28(4)39(58-44(55)36(46(5)6)25-31-16-22-34(56-9)23-17-31)40(51)45-38(27(2)3)42(53)47(7)35(24-29-12-18-32(49)19-13-29)41(52)48(8)37(43(54)57-10)26-30-14-20-33(50)21-15-30/h12-23,27-28,35-39,49-50H,11,24-26H2,1-10H3,(H,45,51)/t28-,35?,36-,37-,38+,39+/m1/s1. The van der Waals surface area contributed by atoms with Crippen LogP contribution in [0.25, 0.3) is 0 Å². The fourth-order valence-electron chi connectivity index (χ4n) is 6.43. The van der Waals surface area contributed by atoms with E-state index >= 15 is 0 Å². The lowest BCUT2D eigenvalue weighted by Gasteiger charge is -2.36. The predicted molar refractivity (Wildman–Crippen MR) is 219 cm³/mol. The van der Waals surface area contributed by atoms with Gasteiger partial charge in [-0.15, -0.1) is 0 Å². The molecule has 0 aromatic heterocycles. The highest BCUT2D eigenvalue weighted by Gasteiger charge is 2.40. The van der Waals surface area contributed by atoms with Gasteiger partial charge < -0.3 is 39.5 Å². The van der Waals surface area contributed by atoms with Crippen molar-refractivity contribution in [1.29, 1.82) is 0 Å². The number of amides is 3. The molecule has 6 atom stereocenters. The van der Waals surface area contributed by atoms with Crippen LogP contribution in [0.5, 0.6) is 17.2 Å². The van der Waals surface area contributed by atoms with Crippen LogP contribution in [0.4, 0.5) is 0 Å². The summed E-state index contributed by atoms with van der Waals surface area (Å²) in [6.07, 6.45) is -0.341. The van der Waals surface area contributed by atoms with Crippen molar-refractivity contribution >= 4 is 29.7 Å². The number of hydrogen-bond donors (Lipinski definition) is 3. The molecule has 0 fully saturated rings. The number of likely N-dealkylation sites (N-methyl/N-ethyl adjacent to an activating group) is 3. The van der Waals surface area contributed by atoms with Crippen LogP contribution in [-0.2, 0) is 52.7 Å². The molecular formula is C44H60N4O10. The molecule has 0 saturated carbocycles. The van der Waals surface area contributed by atoms with E-state index in [4.69, 9.17) is 14.2 Å². The summed E-state index contributed by atoms with van der Waals surface area (Å²) in [5.74, 6) is -3.22. The van der Waals surface area contributed by atoms with Crippen molar-refractivity contribution in [3.8, 4) is 17.2 Å². The summed E-state index contributed by atoms with van der Waals surface area (Å²) >= 11 is 0. The SMILES string of the molecule is CC[C@@H](C)[C@H](OC(=O)[C@@H](Cc1ccc(OC)cc1)N(C)C)C(=O)N[C@H](C(=O)N(C)C(Cc1ccc(O)cc1)C(=O)N(C)[C@H](Cc1ccc(O)cc1)C(=O)OC)C(C)C. The molecule has 14 heteroatoms. The van der Waals surface area contributed by atoms with Crippen molar-refractivity contribution < 1.29 is 48.4 Å². The van der Waals surface area contributed by atoms with Crippen LogP contribution >= 0.6 is 0 Å². The molecule has 3 N–H and O–H groups in total. The number of rotatable bonds is 20. The zero-order valence-corrected chi connectivity index (χ0v) is 35.3. The van der Waals surface area contributed by atoms with E-state index in [1.807, 2.05) is 19.1 Å². The van der Waals surface area contributed by atoms with Crippen LogP contribution in [0.15, 0.2) is 72.8 Å². The number of carbonyl (C=O) groups excluding carboxylic acids is 5. The Kier molecular flexibility index (Phi) is 17.5. The fraction of sp³-hybridized carbons (Fsp3) is 0.477. The third-order valence-corrected chi connectivity index (χ3v) is 10.5. The molecule has 0 spiro atoms. The highest BCUT2D eigenvalue weighted by molar-refractivity contribution is 5.95. The van der Waals surface area contributed by atoms with Gasteiger partial charge >= 0.3 is 11.9 Å². The lowest BCUT2D eigenvalue weighted by atomic mass is 9.96. The summed E-state index contributed by atoms with van der Waals surface area (Å²) in [6, 6.07) is 15.6. The number of hydrogen-bond acceptors (Lipinski definition) is 11. The molecule has 3 rings (SSSR count). The molecule has 0 aliphatic heterocycles. The maximum Gasteiger partial charge on any atom is 0.328 e. The number of carbonyl (C=O) groups is 5. The maximum absolute atomic E-state index is 14.5. The molecule has 0 aliphatic carbocycles. The summed E-state index contributed by atoms with van der Waals surface area (Å²) in [5.41, 5.74) is 2.15. The highest BCUT2D eigenvalue weighted by Crippen LogP contribution is 2.22. The quantitative estimate of drug-likeness (QED) is 0.141. The Balaban J connectivity index is 1.92. The third kappa shape index (κ3) is 12.7. The van der Waals surface area contributed by atoms with Gasteiger partial charge in [-0.1, -0.05) is 64.1 Å². The molecule has 0 heterocycles. The van der Waals surface area contributed by atoms with Gasteiger partial charge in [-0.2, -0.15) is 0 Å². The molecule has 1 unspecified atom stereocenters. The lowest BCUT2D eigenvalue weighted by Crippen LogP contribution is -2.59. The van der Waals surface area contributed by atoms with Gasteiger partial charge in [0.15, 0.2) is 6.10 Å². The van der Waals surface area contributed by atoms with Gasteiger partial charge in [-0.05, 0) is 85.9 Å². The van der Waals surface area contributed by atoms with Crippen LogP contribution in [0.3, 0.4) is 0 Å². The van der Waals surface area contributed by atoms with E-state index < -0.39 is 71.8 Å². The summed E-state index contributed by atoms with van der Waals surface area (Å²) < 4.78 is 16.3. The fourth-order valence-corrected chi connectivity index (χ4v) is 6.43. The van der Waals surface area contributed by atoms with Crippen molar-refractivity contribution in [2.24, 2.45) is 11.8 Å². The first-order valence-corrected chi connectivity index (χ1v) is 19.4. The minimum atomic E-state index is -1.23. The summed E-state index contributed by atoms with van der Waals surface area (Å²) in [4.78, 5) is 74.2. The van der Waals surface area contributed by atoms with Crippen LogP contribution in [0.1, 0.15) is 50.8 Å². The van der Waals surface area contributed by atoms with Crippen molar-refractivity contribution in [3.63, 3.8) is 0 Å². The van der Waals surface area contributed by atoms with E-state index in [2.05, 4.69) is 5.32 Å². The molecular weight excluding hydrogens is 745 g/mol. The van der Waals surface area contributed by atoms with Crippen molar-refractivity contribution in [2.45, 2.75) is 83.6 Å². The van der Waals surface area contributed by atoms with Gasteiger partial charge in [0.05, 0.1) is 14.2 Å². The Morgan fingerprint density at radius 2 is 1.09 bits per heavy atom. The summed E-state index contributed by atoms with van der Waals surface area (Å²) in [7, 11) is 9.21. The Bertz CT molecular complexity index is 1820. The number of ether oxygens (including phenoxy) is 3. The van der Waals surface area contributed by atoms with E-state index in [9.17, 15) is 34.2 Å². The van der Waals surface area contributed by atoms with Crippen LogP contribution < -0.4 is 10.1 Å². The molecule has 3 amide bonds. The Morgan fingerprint density at radius 1 is 0.638 bits per heavy atom. The number of nitrogens with one attached hydrogen (secondary N) is 1. The van der Waals surface area contributed by atoms with Crippen molar-refractivity contribution in [2.75, 3.05) is 42.4 Å². The minimum Gasteiger partial charge on any atom is -0.508 e. The second kappa shape index (κ2) is 21.8. The van der Waals surface area contributed by atoms with Gasteiger partial charge in [0.1, 0.15) is 41.4 Å². The largest absolute Gasteiger partial charge is 0.508 e. The van der Waals surface area contributed by atoms with Crippen molar-refractivity contribution in [3.05, 3.63) is 89.5 Å². The van der Waals surface area contributed by atoms with Gasteiger partial charge in [0, 0.05) is 32.9 Å². The Labute approximate surface area is 342 Å². The van der Waals surface area contributed by atoms with Gasteiger partial charge in [0.2, 0.25) is 11.8 Å². The number of nitrogens with zero attached hydrogens (tertiary/aromatic N) is 3. The maximum atomic E-state index is 14.5. The number of benzene rings is 3. The first-order valence-electron chi connectivity index (χ1n) is 19.4. The van der Waals surface area contributed by atoms with E-state index in [1.54, 1.807) is 83.3 Å². The lowest BCUT2D eigenvalue weighted by molar-refractivity contribution is -0.164. The number of phenols is 2. The third-order valence-electron chi connectivity index (χ3n) is 10.5. The molecule has 0 bridgehead atoms. The molecule has 14 nitrogen and oxygen atoms in total. The van der Waals surface area contributed by atoms with Crippen LogP contribution in [-0.4, -0.2) is 127 Å². The number of aromatic hydroxyl groups is 2. The monoisotopic (exact) mass is 804 g/mol. The van der Waals surface area contributed by atoms with E-state index in [0.29, 0.717) is 29.7 Å². The molecule has 0 saturated heterocycles. The highest BCUT2D eigenvalue weighted by atomic mass is 16.6. The number of phenolic OH excluding ortho intramolecular Hbond substituents is 2. The first-order chi connectivity index (χ1) is 27.4. The molecule has 3 aromatic carbocycles. The predicted octanol–water partition coefficient (Wildman–Crippen LogP) is 3.99. The molecule has 316 valence electrons. The second-order valence-electron chi connectivity index (χ2n) is 15.2. The number of methoxy groups -OCH3 is 2. The normalized spacial score (nSPS) is 14.3. The van der Waals surface area contributed by atoms with Gasteiger partial charge in [-0.25, -0.2) is 4.79 Å². The molecule has 0 radical (unpaired) electrons. The van der Waals surface area contributed by atoms with Crippen LogP contribution in [0.2, 0.25) is 0 Å². The van der Waals surface area contributed by atoms with Crippen molar-refractivity contribution in [1.82, 2.24) is 20.0 Å². The average molecular weight is 805 g/mol. The number of esters is 2. The van der Waals surface area contributed by atoms with Crippen LogP contribution in [0, 0.1) is 11.8 Å². The average Bonchev–Trinajstić information content (AvgIpc) is 3.21. The van der Waals surface area contributed by atoms with Gasteiger partial charge in [-0.3, -0.25) is 24.1 Å². The second-order valence-corrected chi connectivity index (χ2v) is 15.2. The summed E-state index contributed by atoms with van der Waals surface area (Å²) in [6.45, 7) is 7.18. The Hall–Kier alpha value is -5.63. The van der Waals surface area contributed by atoms with Gasteiger partial charge in [0.25, 0.3) is 5.91 Å². The minimum absolute atomic E-state index is 0.00475. The first kappa shape index (κ1) is 46.8. The van der Waals surface area contributed by atoms with E-state index in [1.165, 1.54) is 55.3 Å². The molecule has 3 aromatic rings. The Morgan fingerprint density at radius 3 is 1.52 bits per heavy atom. The van der Waals surface area contributed by atoms with E-state index in [-0.39, 0.29) is 24.3 Å². The molecule has 0 aliphatic rings.